The summed E-state index contributed by atoms with van der Waals surface area (Å²) in [6, 6.07) is 3.93. The molecule has 1 saturated heterocycles. The summed E-state index contributed by atoms with van der Waals surface area (Å²) >= 11 is 0. The van der Waals surface area contributed by atoms with Crippen LogP contribution in [0.25, 0.3) is 0 Å². The number of benzene rings is 1. The Morgan fingerprint density at radius 3 is 2.69 bits per heavy atom. The predicted molar refractivity (Wildman–Crippen MR) is 57.1 cm³/mol. The lowest BCUT2D eigenvalue weighted by molar-refractivity contribution is 0.142. The standard InChI is InChI=1S/C12H15F2NO/c13-10-2-1-9(5-11(10)14)6-12(8-16)3-4-15-7-12/h1-2,5,15-16H,3-4,6-8H2. The van der Waals surface area contributed by atoms with Crippen LogP contribution >= 0.6 is 0 Å². The van der Waals surface area contributed by atoms with Crippen molar-refractivity contribution in [1.29, 1.82) is 0 Å². The van der Waals surface area contributed by atoms with Crippen LogP contribution < -0.4 is 5.32 Å². The van der Waals surface area contributed by atoms with Gasteiger partial charge in [-0.05, 0) is 37.1 Å². The minimum atomic E-state index is -0.827. The molecule has 0 saturated carbocycles. The Bertz CT molecular complexity index is 375. The Hall–Kier alpha value is -1.00. The van der Waals surface area contributed by atoms with Crippen LogP contribution in [-0.4, -0.2) is 24.8 Å². The van der Waals surface area contributed by atoms with E-state index in [2.05, 4.69) is 5.32 Å². The first-order valence-electron chi connectivity index (χ1n) is 5.41. The molecule has 1 atom stereocenters. The third-order valence-electron chi connectivity index (χ3n) is 3.23. The zero-order chi connectivity index (χ0) is 11.6. The van der Waals surface area contributed by atoms with Gasteiger partial charge < -0.3 is 10.4 Å². The highest BCUT2D eigenvalue weighted by molar-refractivity contribution is 5.20. The normalized spacial score (nSPS) is 24.9. The van der Waals surface area contributed by atoms with Crippen molar-refractivity contribution in [2.45, 2.75) is 12.8 Å². The van der Waals surface area contributed by atoms with Gasteiger partial charge in [-0.3, -0.25) is 0 Å². The monoisotopic (exact) mass is 227 g/mol. The first-order valence-corrected chi connectivity index (χ1v) is 5.41. The van der Waals surface area contributed by atoms with Gasteiger partial charge in [-0.1, -0.05) is 6.07 Å². The molecule has 0 aliphatic carbocycles. The van der Waals surface area contributed by atoms with Crippen molar-refractivity contribution in [2.24, 2.45) is 5.41 Å². The number of halogens is 2. The Labute approximate surface area is 93.3 Å². The lowest BCUT2D eigenvalue weighted by Gasteiger charge is -2.25. The van der Waals surface area contributed by atoms with E-state index in [1.165, 1.54) is 6.07 Å². The highest BCUT2D eigenvalue weighted by Gasteiger charge is 2.33. The molecule has 88 valence electrons. The lowest BCUT2D eigenvalue weighted by atomic mass is 9.81. The highest BCUT2D eigenvalue weighted by atomic mass is 19.2. The minimum absolute atomic E-state index is 0.0684. The summed E-state index contributed by atoms with van der Waals surface area (Å²) in [6.07, 6.45) is 1.44. The number of rotatable bonds is 3. The first kappa shape index (κ1) is 11.5. The molecule has 0 radical (unpaired) electrons. The van der Waals surface area contributed by atoms with Crippen molar-refractivity contribution in [3.05, 3.63) is 35.4 Å². The first-order chi connectivity index (χ1) is 7.65. The highest BCUT2D eigenvalue weighted by Crippen LogP contribution is 2.29. The molecule has 1 aliphatic heterocycles. The Balaban J connectivity index is 2.16. The maximum atomic E-state index is 13.0. The van der Waals surface area contributed by atoms with Gasteiger partial charge in [0.05, 0.1) is 6.61 Å². The molecule has 2 N–H and O–H groups in total. The van der Waals surface area contributed by atoms with Crippen LogP contribution in [0, 0.1) is 17.0 Å². The van der Waals surface area contributed by atoms with Crippen LogP contribution in [0.3, 0.4) is 0 Å². The smallest absolute Gasteiger partial charge is 0.159 e. The van der Waals surface area contributed by atoms with E-state index >= 15 is 0 Å². The third kappa shape index (κ3) is 2.23. The quantitative estimate of drug-likeness (QED) is 0.819. The van der Waals surface area contributed by atoms with E-state index in [0.717, 1.165) is 31.1 Å². The Kier molecular flexibility index (Phi) is 3.21. The lowest BCUT2D eigenvalue weighted by Crippen LogP contribution is -2.30. The van der Waals surface area contributed by atoms with Gasteiger partial charge in [0.1, 0.15) is 0 Å². The summed E-state index contributed by atoms with van der Waals surface area (Å²) in [5, 5.41) is 12.6. The van der Waals surface area contributed by atoms with Crippen molar-refractivity contribution in [2.75, 3.05) is 19.7 Å². The second-order valence-electron chi connectivity index (χ2n) is 4.51. The molecular formula is C12H15F2NO. The van der Waals surface area contributed by atoms with Crippen LogP contribution in [0.1, 0.15) is 12.0 Å². The van der Waals surface area contributed by atoms with Crippen LogP contribution in [0.4, 0.5) is 8.78 Å². The summed E-state index contributed by atoms with van der Waals surface area (Å²) in [7, 11) is 0. The van der Waals surface area contributed by atoms with E-state index in [0.29, 0.717) is 6.42 Å². The average molecular weight is 227 g/mol. The zero-order valence-electron chi connectivity index (χ0n) is 8.97. The molecule has 2 nitrogen and oxygen atoms in total. The van der Waals surface area contributed by atoms with E-state index in [4.69, 9.17) is 0 Å². The number of aliphatic hydroxyl groups is 1. The summed E-state index contributed by atoms with van der Waals surface area (Å²) < 4.78 is 25.8. The molecule has 1 aromatic rings. The molecule has 0 amide bonds. The molecular weight excluding hydrogens is 212 g/mol. The van der Waals surface area contributed by atoms with Gasteiger partial charge in [0.2, 0.25) is 0 Å². The molecule has 1 aliphatic rings. The van der Waals surface area contributed by atoms with Crippen molar-refractivity contribution in [3.63, 3.8) is 0 Å². The van der Waals surface area contributed by atoms with Crippen molar-refractivity contribution in [3.8, 4) is 0 Å². The van der Waals surface area contributed by atoms with Crippen LogP contribution in [-0.2, 0) is 6.42 Å². The number of hydrogen-bond acceptors (Lipinski definition) is 2. The summed E-state index contributed by atoms with van der Waals surface area (Å²) in [5.74, 6) is -1.65. The van der Waals surface area contributed by atoms with Gasteiger partial charge in [-0.2, -0.15) is 0 Å². The molecule has 1 heterocycles. The number of hydrogen-bond donors (Lipinski definition) is 2. The number of nitrogens with one attached hydrogen (secondary N) is 1. The third-order valence-corrected chi connectivity index (χ3v) is 3.23. The fourth-order valence-corrected chi connectivity index (χ4v) is 2.22. The van der Waals surface area contributed by atoms with Gasteiger partial charge in [-0.25, -0.2) is 8.78 Å². The van der Waals surface area contributed by atoms with Gasteiger partial charge in [-0.15, -0.1) is 0 Å². The fraction of sp³-hybridized carbons (Fsp3) is 0.500. The van der Waals surface area contributed by atoms with Crippen LogP contribution in [0.15, 0.2) is 18.2 Å². The topological polar surface area (TPSA) is 32.3 Å². The van der Waals surface area contributed by atoms with Crippen molar-refractivity contribution in [1.82, 2.24) is 5.32 Å². The second-order valence-corrected chi connectivity index (χ2v) is 4.51. The maximum absolute atomic E-state index is 13.0. The van der Waals surface area contributed by atoms with Crippen LogP contribution in [0.5, 0.6) is 0 Å². The van der Waals surface area contributed by atoms with E-state index in [9.17, 15) is 13.9 Å². The molecule has 1 fully saturated rings. The maximum Gasteiger partial charge on any atom is 0.159 e. The molecule has 1 aromatic carbocycles. The molecule has 4 heteroatoms. The molecule has 2 rings (SSSR count). The summed E-state index contributed by atoms with van der Waals surface area (Å²) in [5.41, 5.74) is 0.515. The Morgan fingerprint density at radius 2 is 2.12 bits per heavy atom. The van der Waals surface area contributed by atoms with Crippen molar-refractivity contribution < 1.29 is 13.9 Å². The zero-order valence-corrected chi connectivity index (χ0v) is 8.97. The summed E-state index contributed by atoms with van der Waals surface area (Å²) in [6.45, 7) is 1.66. The Morgan fingerprint density at radius 1 is 1.31 bits per heavy atom. The molecule has 0 spiro atoms. The van der Waals surface area contributed by atoms with E-state index < -0.39 is 11.6 Å². The predicted octanol–water partition coefficient (Wildman–Crippen LogP) is 1.48. The molecule has 0 aromatic heterocycles. The molecule has 16 heavy (non-hydrogen) atoms. The molecule has 0 bridgehead atoms. The summed E-state index contributed by atoms with van der Waals surface area (Å²) in [4.78, 5) is 0. The fourth-order valence-electron chi connectivity index (χ4n) is 2.22. The number of aliphatic hydroxyl groups excluding tert-OH is 1. The van der Waals surface area contributed by atoms with Gasteiger partial charge in [0.15, 0.2) is 11.6 Å². The van der Waals surface area contributed by atoms with Gasteiger partial charge in [0.25, 0.3) is 0 Å². The average Bonchev–Trinajstić information content (AvgIpc) is 2.73. The minimum Gasteiger partial charge on any atom is -0.396 e. The largest absolute Gasteiger partial charge is 0.396 e. The van der Waals surface area contributed by atoms with Crippen LogP contribution in [0.2, 0.25) is 0 Å². The SMILES string of the molecule is OCC1(Cc2ccc(F)c(F)c2)CCNC1. The van der Waals surface area contributed by atoms with Crippen molar-refractivity contribution >= 4 is 0 Å². The van der Waals surface area contributed by atoms with E-state index in [-0.39, 0.29) is 12.0 Å². The van der Waals surface area contributed by atoms with E-state index in [1.807, 2.05) is 0 Å². The molecule has 1 unspecified atom stereocenters. The van der Waals surface area contributed by atoms with Gasteiger partial charge >= 0.3 is 0 Å². The van der Waals surface area contributed by atoms with Gasteiger partial charge in [0, 0.05) is 12.0 Å². The second kappa shape index (κ2) is 4.47. The van der Waals surface area contributed by atoms with E-state index in [1.54, 1.807) is 6.07 Å².